The van der Waals surface area contributed by atoms with Crippen LogP contribution in [0.2, 0.25) is 5.02 Å². The van der Waals surface area contributed by atoms with E-state index in [1.165, 1.54) is 32.2 Å². The number of ether oxygens (including phenoxy) is 1. The normalized spacial score (nSPS) is 15.0. The van der Waals surface area contributed by atoms with Gasteiger partial charge in [-0.2, -0.15) is 0 Å². The molecule has 0 bridgehead atoms. The number of halogens is 1. The number of aliphatic hydroxyl groups is 1. The number of nitrogen functional groups attached to an aromatic ring is 1. The van der Waals surface area contributed by atoms with Gasteiger partial charge in [-0.1, -0.05) is 11.6 Å². The van der Waals surface area contributed by atoms with Crippen LogP contribution in [0.1, 0.15) is 13.3 Å². The quantitative estimate of drug-likeness (QED) is 0.650. The van der Waals surface area contributed by atoms with Crippen LogP contribution in [-0.4, -0.2) is 39.4 Å². The fraction of sp³-hybridized carbons (Fsp3) is 0.500. The van der Waals surface area contributed by atoms with E-state index in [9.17, 15) is 13.5 Å². The number of methoxy groups -OCH3 is 1. The van der Waals surface area contributed by atoms with E-state index in [4.69, 9.17) is 22.1 Å². The molecule has 0 saturated carbocycles. The second-order valence-corrected chi connectivity index (χ2v) is 6.92. The number of benzene rings is 1. The molecule has 1 atom stereocenters. The van der Waals surface area contributed by atoms with Gasteiger partial charge in [0.2, 0.25) is 10.0 Å². The van der Waals surface area contributed by atoms with Crippen molar-refractivity contribution < 1.29 is 18.3 Å². The predicted octanol–water partition coefficient (Wildman–Crippen LogP) is 0.988. The molecule has 1 rings (SSSR count). The average Bonchev–Trinajstić information content (AvgIpc) is 2.34. The van der Waals surface area contributed by atoms with E-state index in [0.29, 0.717) is 18.1 Å². The molecule has 0 spiro atoms. The maximum atomic E-state index is 12.1. The highest BCUT2D eigenvalue weighted by atomic mass is 35.5. The molecule has 0 aromatic heterocycles. The summed E-state index contributed by atoms with van der Waals surface area (Å²) in [5.74, 6) is 0. The molecule has 1 aromatic rings. The van der Waals surface area contributed by atoms with Crippen LogP contribution in [0.15, 0.2) is 23.1 Å². The zero-order chi connectivity index (χ0) is 15.4. The lowest BCUT2D eigenvalue weighted by Crippen LogP contribution is -2.41. The van der Waals surface area contributed by atoms with Crippen LogP contribution in [0.4, 0.5) is 5.69 Å². The number of hydrogen-bond donors (Lipinski definition) is 3. The van der Waals surface area contributed by atoms with Gasteiger partial charge in [-0.15, -0.1) is 0 Å². The first-order valence-corrected chi connectivity index (χ1v) is 7.80. The third-order valence-corrected chi connectivity index (χ3v) is 4.46. The molecular formula is C12H19ClN2O4S. The second-order valence-electron chi connectivity index (χ2n) is 4.75. The Kier molecular flexibility index (Phi) is 5.79. The highest BCUT2D eigenvalue weighted by Crippen LogP contribution is 2.22. The van der Waals surface area contributed by atoms with Crippen LogP contribution < -0.4 is 10.5 Å². The van der Waals surface area contributed by atoms with Gasteiger partial charge in [-0.05, 0) is 25.1 Å². The molecule has 4 N–H and O–H groups in total. The zero-order valence-electron chi connectivity index (χ0n) is 11.4. The molecule has 0 radical (unpaired) electrons. The number of anilines is 1. The Bertz CT molecular complexity index is 561. The molecule has 20 heavy (non-hydrogen) atoms. The molecule has 114 valence electrons. The molecule has 0 aliphatic heterocycles. The molecule has 0 aliphatic carbocycles. The Morgan fingerprint density at radius 2 is 2.15 bits per heavy atom. The maximum Gasteiger partial charge on any atom is 0.242 e. The van der Waals surface area contributed by atoms with Gasteiger partial charge in [-0.25, -0.2) is 13.1 Å². The predicted molar refractivity (Wildman–Crippen MR) is 78.2 cm³/mol. The lowest BCUT2D eigenvalue weighted by molar-refractivity contribution is 0.0292. The lowest BCUT2D eigenvalue weighted by Gasteiger charge is -2.23. The maximum absolute atomic E-state index is 12.1. The molecule has 0 heterocycles. The summed E-state index contributed by atoms with van der Waals surface area (Å²) in [7, 11) is -2.29. The minimum Gasteiger partial charge on any atom is -0.398 e. The molecule has 0 saturated heterocycles. The van der Waals surface area contributed by atoms with E-state index in [-0.39, 0.29) is 17.1 Å². The molecule has 1 unspecified atom stereocenters. The SMILES string of the molecule is COCCC(C)(O)CNS(=O)(=O)c1ccc(Cl)cc1N. The van der Waals surface area contributed by atoms with Crippen LogP contribution in [0, 0.1) is 0 Å². The van der Waals surface area contributed by atoms with Crippen molar-refractivity contribution in [3.05, 3.63) is 23.2 Å². The molecule has 8 heteroatoms. The van der Waals surface area contributed by atoms with E-state index in [0.717, 1.165) is 0 Å². The topological polar surface area (TPSA) is 102 Å². The van der Waals surface area contributed by atoms with Gasteiger partial charge in [0.05, 0.1) is 11.3 Å². The summed E-state index contributed by atoms with van der Waals surface area (Å²) < 4.78 is 31.4. The molecule has 0 amide bonds. The molecule has 0 aliphatic rings. The first-order chi connectivity index (χ1) is 9.18. The second kappa shape index (κ2) is 6.73. The summed E-state index contributed by atoms with van der Waals surface area (Å²) in [6.45, 7) is 1.72. The summed E-state index contributed by atoms with van der Waals surface area (Å²) >= 11 is 5.72. The van der Waals surface area contributed by atoms with Crippen LogP contribution in [0.3, 0.4) is 0 Å². The average molecular weight is 323 g/mol. The molecule has 1 aromatic carbocycles. The Morgan fingerprint density at radius 1 is 1.50 bits per heavy atom. The van der Waals surface area contributed by atoms with Gasteiger partial charge in [0.1, 0.15) is 4.90 Å². The number of rotatable bonds is 7. The number of nitrogens with two attached hydrogens (primary N) is 1. The Labute approximate surface area is 123 Å². The van der Waals surface area contributed by atoms with Gasteiger partial charge >= 0.3 is 0 Å². The Hall–Kier alpha value is -0.860. The highest BCUT2D eigenvalue weighted by molar-refractivity contribution is 7.89. The van der Waals surface area contributed by atoms with Crippen LogP contribution in [-0.2, 0) is 14.8 Å². The summed E-state index contributed by atoms with van der Waals surface area (Å²) in [5.41, 5.74) is 4.49. The Balaban J connectivity index is 2.80. The van der Waals surface area contributed by atoms with E-state index in [1.54, 1.807) is 0 Å². The van der Waals surface area contributed by atoms with Crippen LogP contribution in [0.5, 0.6) is 0 Å². The van der Waals surface area contributed by atoms with Crippen molar-refractivity contribution in [2.24, 2.45) is 0 Å². The van der Waals surface area contributed by atoms with E-state index in [1.807, 2.05) is 0 Å². The van der Waals surface area contributed by atoms with E-state index < -0.39 is 15.6 Å². The number of sulfonamides is 1. The summed E-state index contributed by atoms with van der Waals surface area (Å²) in [6, 6.07) is 4.12. The van der Waals surface area contributed by atoms with Gasteiger partial charge in [-0.3, -0.25) is 0 Å². The fourth-order valence-electron chi connectivity index (χ4n) is 1.50. The zero-order valence-corrected chi connectivity index (χ0v) is 13.0. The monoisotopic (exact) mass is 322 g/mol. The van der Waals surface area contributed by atoms with Crippen LogP contribution >= 0.6 is 11.6 Å². The fourth-order valence-corrected chi connectivity index (χ4v) is 2.96. The van der Waals surface area contributed by atoms with Gasteiger partial charge < -0.3 is 15.6 Å². The molecule has 6 nitrogen and oxygen atoms in total. The van der Waals surface area contributed by atoms with Crippen molar-refractivity contribution in [2.75, 3.05) is 26.0 Å². The largest absolute Gasteiger partial charge is 0.398 e. The van der Waals surface area contributed by atoms with Crippen molar-refractivity contribution in [1.82, 2.24) is 4.72 Å². The highest BCUT2D eigenvalue weighted by Gasteiger charge is 2.25. The van der Waals surface area contributed by atoms with Gasteiger partial charge in [0, 0.05) is 31.7 Å². The standard InChI is InChI=1S/C12H19ClN2O4S/c1-12(16,5-6-19-2)8-15-20(17,18)11-4-3-9(13)7-10(11)14/h3-4,7,15-16H,5-6,8,14H2,1-2H3. The minimum atomic E-state index is -3.80. The third-order valence-electron chi connectivity index (χ3n) is 2.75. The first kappa shape index (κ1) is 17.2. The lowest BCUT2D eigenvalue weighted by atomic mass is 10.0. The molecule has 0 fully saturated rings. The summed E-state index contributed by atoms with van der Waals surface area (Å²) in [5, 5.41) is 10.4. The first-order valence-electron chi connectivity index (χ1n) is 5.94. The summed E-state index contributed by atoms with van der Waals surface area (Å²) in [4.78, 5) is -0.0653. The van der Waals surface area contributed by atoms with E-state index in [2.05, 4.69) is 4.72 Å². The van der Waals surface area contributed by atoms with Gasteiger partial charge in [0.25, 0.3) is 0 Å². The van der Waals surface area contributed by atoms with Crippen molar-refractivity contribution >= 4 is 27.3 Å². The third kappa shape index (κ3) is 4.92. The van der Waals surface area contributed by atoms with Crippen molar-refractivity contribution in [3.8, 4) is 0 Å². The van der Waals surface area contributed by atoms with Crippen LogP contribution in [0.25, 0.3) is 0 Å². The summed E-state index contributed by atoms with van der Waals surface area (Å²) in [6.07, 6.45) is 0.308. The molecular weight excluding hydrogens is 304 g/mol. The van der Waals surface area contributed by atoms with Crippen molar-refractivity contribution in [2.45, 2.75) is 23.8 Å². The smallest absolute Gasteiger partial charge is 0.242 e. The van der Waals surface area contributed by atoms with Gasteiger partial charge in [0.15, 0.2) is 0 Å². The minimum absolute atomic E-state index is 0.0570. The number of hydrogen-bond acceptors (Lipinski definition) is 5. The van der Waals surface area contributed by atoms with E-state index >= 15 is 0 Å². The Morgan fingerprint density at radius 3 is 2.70 bits per heavy atom. The van der Waals surface area contributed by atoms with Crippen molar-refractivity contribution in [3.63, 3.8) is 0 Å². The van der Waals surface area contributed by atoms with Crippen molar-refractivity contribution in [1.29, 1.82) is 0 Å². The number of nitrogens with one attached hydrogen (secondary N) is 1.